The molecule has 9 heteroatoms. The van der Waals surface area contributed by atoms with E-state index in [0.29, 0.717) is 28.1 Å². The fourth-order valence-electron chi connectivity index (χ4n) is 3.38. The third kappa shape index (κ3) is 4.51. The molecule has 0 fully saturated rings. The second-order valence-electron chi connectivity index (χ2n) is 7.18. The number of hydrogen-bond donors (Lipinski definition) is 4. The molecule has 0 atom stereocenters. The molecule has 0 radical (unpaired) electrons. The average molecular weight is 432 g/mol. The molecule has 4 aromatic rings. The molecule has 0 saturated carbocycles. The van der Waals surface area contributed by atoms with Crippen LogP contribution in [0.25, 0.3) is 10.9 Å². The van der Waals surface area contributed by atoms with E-state index in [9.17, 15) is 14.0 Å². The van der Waals surface area contributed by atoms with E-state index >= 15 is 0 Å². The standard InChI is InChI=1S/C23H21FN6O2/c1-30-19-7-3-6-18(20(19)21(25)29-30)22(31)27-17-5-2-4-14(12-17)13-26-23(32)28-16-10-8-15(24)9-11-16/h2-12H,13H2,1H3,(H2,25,29)(H,27,31)(H2,26,28,32). The SMILES string of the molecule is Cn1nc(N)c2c(C(=O)Nc3cccc(CNC(=O)Nc4ccc(F)cc4)c3)cccc21. The number of anilines is 3. The van der Waals surface area contributed by atoms with Crippen LogP contribution in [-0.2, 0) is 13.6 Å². The van der Waals surface area contributed by atoms with Crippen LogP contribution < -0.4 is 21.7 Å². The van der Waals surface area contributed by atoms with Crippen LogP contribution in [0.3, 0.4) is 0 Å². The molecule has 0 unspecified atom stereocenters. The lowest BCUT2D eigenvalue weighted by molar-refractivity contribution is 0.102. The summed E-state index contributed by atoms with van der Waals surface area (Å²) in [6.07, 6.45) is 0. The molecule has 5 N–H and O–H groups in total. The molecule has 0 aliphatic rings. The zero-order valence-electron chi connectivity index (χ0n) is 17.2. The Morgan fingerprint density at radius 3 is 2.53 bits per heavy atom. The number of hydrogen-bond acceptors (Lipinski definition) is 4. The van der Waals surface area contributed by atoms with Crippen LogP contribution in [0.2, 0.25) is 0 Å². The maximum absolute atomic E-state index is 13.0. The predicted molar refractivity (Wildman–Crippen MR) is 122 cm³/mol. The number of carbonyl (C=O) groups excluding carboxylic acids is 2. The van der Waals surface area contributed by atoms with Gasteiger partial charge in [0.05, 0.1) is 16.5 Å². The van der Waals surface area contributed by atoms with E-state index in [1.807, 2.05) is 12.1 Å². The van der Waals surface area contributed by atoms with Crippen molar-refractivity contribution in [1.29, 1.82) is 0 Å². The highest BCUT2D eigenvalue weighted by Crippen LogP contribution is 2.25. The molecule has 0 aliphatic heterocycles. The lowest BCUT2D eigenvalue weighted by Gasteiger charge is -2.10. The van der Waals surface area contributed by atoms with E-state index < -0.39 is 6.03 Å². The van der Waals surface area contributed by atoms with Crippen LogP contribution in [0.1, 0.15) is 15.9 Å². The molecular weight excluding hydrogens is 411 g/mol. The van der Waals surface area contributed by atoms with Gasteiger partial charge in [-0.2, -0.15) is 5.10 Å². The molecular formula is C23H21FN6O2. The summed E-state index contributed by atoms with van der Waals surface area (Å²) in [7, 11) is 1.77. The summed E-state index contributed by atoms with van der Waals surface area (Å²) >= 11 is 0. The van der Waals surface area contributed by atoms with Crippen LogP contribution >= 0.6 is 0 Å². The monoisotopic (exact) mass is 432 g/mol. The number of benzene rings is 3. The highest BCUT2D eigenvalue weighted by atomic mass is 19.1. The Hall–Kier alpha value is -4.40. The highest BCUT2D eigenvalue weighted by Gasteiger charge is 2.16. The van der Waals surface area contributed by atoms with Gasteiger partial charge in [-0.05, 0) is 54.1 Å². The van der Waals surface area contributed by atoms with Gasteiger partial charge in [0.15, 0.2) is 5.82 Å². The summed E-state index contributed by atoms with van der Waals surface area (Å²) in [5.41, 5.74) is 9.02. The number of nitrogen functional groups attached to an aromatic ring is 1. The molecule has 1 aromatic heterocycles. The number of aryl methyl sites for hydroxylation is 1. The maximum atomic E-state index is 13.0. The summed E-state index contributed by atoms with van der Waals surface area (Å²) in [6, 6.07) is 17.5. The van der Waals surface area contributed by atoms with Gasteiger partial charge in [0, 0.05) is 25.0 Å². The predicted octanol–water partition coefficient (Wildman–Crippen LogP) is 3.87. The van der Waals surface area contributed by atoms with E-state index in [2.05, 4.69) is 21.0 Å². The Kier molecular flexibility index (Phi) is 5.71. The number of nitrogens with two attached hydrogens (primary N) is 1. The van der Waals surface area contributed by atoms with Crippen molar-refractivity contribution in [3.63, 3.8) is 0 Å². The number of rotatable bonds is 5. The van der Waals surface area contributed by atoms with Crippen molar-refractivity contribution in [2.24, 2.45) is 7.05 Å². The minimum absolute atomic E-state index is 0.238. The van der Waals surface area contributed by atoms with Crippen LogP contribution in [0, 0.1) is 5.82 Å². The third-order valence-corrected chi connectivity index (χ3v) is 4.89. The van der Waals surface area contributed by atoms with Gasteiger partial charge in [0.25, 0.3) is 5.91 Å². The first-order valence-corrected chi connectivity index (χ1v) is 9.82. The minimum atomic E-state index is -0.426. The van der Waals surface area contributed by atoms with E-state index in [1.165, 1.54) is 24.3 Å². The molecule has 3 aromatic carbocycles. The quantitative estimate of drug-likeness (QED) is 0.383. The Morgan fingerprint density at radius 2 is 1.75 bits per heavy atom. The summed E-state index contributed by atoms with van der Waals surface area (Å²) < 4.78 is 14.6. The first-order chi connectivity index (χ1) is 15.4. The largest absolute Gasteiger partial charge is 0.382 e. The second-order valence-corrected chi connectivity index (χ2v) is 7.18. The highest BCUT2D eigenvalue weighted by molar-refractivity contribution is 6.15. The van der Waals surface area contributed by atoms with Gasteiger partial charge in [0.2, 0.25) is 0 Å². The maximum Gasteiger partial charge on any atom is 0.319 e. The van der Waals surface area contributed by atoms with Gasteiger partial charge in [-0.15, -0.1) is 0 Å². The van der Waals surface area contributed by atoms with Gasteiger partial charge >= 0.3 is 6.03 Å². The summed E-state index contributed by atoms with van der Waals surface area (Å²) in [5, 5.41) is 13.0. The van der Waals surface area contributed by atoms with Gasteiger partial charge < -0.3 is 21.7 Å². The topological polar surface area (TPSA) is 114 Å². The fourth-order valence-corrected chi connectivity index (χ4v) is 3.38. The van der Waals surface area contributed by atoms with Crippen LogP contribution in [0.4, 0.5) is 26.4 Å². The van der Waals surface area contributed by atoms with Crippen molar-refractivity contribution < 1.29 is 14.0 Å². The fraction of sp³-hybridized carbons (Fsp3) is 0.0870. The van der Waals surface area contributed by atoms with Gasteiger partial charge in [-0.1, -0.05) is 18.2 Å². The first-order valence-electron chi connectivity index (χ1n) is 9.82. The van der Waals surface area contributed by atoms with E-state index in [-0.39, 0.29) is 18.3 Å². The van der Waals surface area contributed by atoms with Gasteiger partial charge in [-0.3, -0.25) is 9.48 Å². The number of aromatic nitrogens is 2. The number of amides is 3. The molecule has 0 aliphatic carbocycles. The molecule has 0 bridgehead atoms. The molecule has 3 amide bonds. The van der Waals surface area contributed by atoms with Gasteiger partial charge in [-0.25, -0.2) is 9.18 Å². The molecule has 162 valence electrons. The van der Waals surface area contributed by atoms with Crippen molar-refractivity contribution in [3.05, 3.63) is 83.7 Å². The average Bonchev–Trinajstić information content (AvgIpc) is 3.08. The molecule has 0 spiro atoms. The van der Waals surface area contributed by atoms with Crippen molar-refractivity contribution in [2.45, 2.75) is 6.54 Å². The van der Waals surface area contributed by atoms with E-state index in [4.69, 9.17) is 5.73 Å². The summed E-state index contributed by atoms with van der Waals surface area (Å²) in [6.45, 7) is 0.238. The van der Waals surface area contributed by atoms with Crippen molar-refractivity contribution in [3.8, 4) is 0 Å². The number of halogens is 1. The summed E-state index contributed by atoms with van der Waals surface area (Å²) in [5.74, 6) is -0.398. The Labute approximate surface area is 183 Å². The number of carbonyl (C=O) groups is 2. The molecule has 0 saturated heterocycles. The molecule has 1 heterocycles. The number of nitrogens with one attached hydrogen (secondary N) is 3. The smallest absolute Gasteiger partial charge is 0.319 e. The van der Waals surface area contributed by atoms with Crippen LogP contribution in [0.15, 0.2) is 66.7 Å². The lowest BCUT2D eigenvalue weighted by Crippen LogP contribution is -2.28. The van der Waals surface area contributed by atoms with Crippen molar-refractivity contribution in [2.75, 3.05) is 16.4 Å². The zero-order chi connectivity index (χ0) is 22.7. The Morgan fingerprint density at radius 1 is 1.00 bits per heavy atom. The van der Waals surface area contributed by atoms with Crippen molar-refractivity contribution >= 4 is 40.0 Å². The van der Waals surface area contributed by atoms with Gasteiger partial charge in [0.1, 0.15) is 5.82 Å². The summed E-state index contributed by atoms with van der Waals surface area (Å²) in [4.78, 5) is 25.0. The normalized spacial score (nSPS) is 10.7. The van der Waals surface area contributed by atoms with E-state index in [0.717, 1.165) is 11.1 Å². The number of urea groups is 1. The number of fused-ring (bicyclic) bond motifs is 1. The minimum Gasteiger partial charge on any atom is -0.382 e. The van der Waals surface area contributed by atoms with Crippen molar-refractivity contribution in [1.82, 2.24) is 15.1 Å². The number of nitrogens with zero attached hydrogens (tertiary/aromatic N) is 2. The molecule has 32 heavy (non-hydrogen) atoms. The molecule has 4 rings (SSSR count). The molecule has 8 nitrogen and oxygen atoms in total. The van der Waals surface area contributed by atoms with Crippen LogP contribution in [0.5, 0.6) is 0 Å². The Balaban J connectivity index is 1.41. The zero-order valence-corrected chi connectivity index (χ0v) is 17.2. The van der Waals surface area contributed by atoms with E-state index in [1.54, 1.807) is 42.1 Å². The second kappa shape index (κ2) is 8.76. The third-order valence-electron chi connectivity index (χ3n) is 4.89. The lowest BCUT2D eigenvalue weighted by atomic mass is 10.1. The van der Waals surface area contributed by atoms with Crippen LogP contribution in [-0.4, -0.2) is 21.7 Å². The first kappa shape index (κ1) is 20.9. The Bertz CT molecular complexity index is 1300.